The number of aryl methyl sites for hydroxylation is 2. The van der Waals surface area contributed by atoms with Crippen molar-refractivity contribution in [2.24, 2.45) is 5.73 Å². The molecule has 1 atom stereocenters. The Bertz CT molecular complexity index is 634. The molecule has 3 N–H and O–H groups in total. The summed E-state index contributed by atoms with van der Waals surface area (Å²) in [5.41, 5.74) is 9.69. The second kappa shape index (κ2) is 7.22. The highest BCUT2D eigenvalue weighted by molar-refractivity contribution is 5.92. The van der Waals surface area contributed by atoms with Crippen LogP contribution in [0.2, 0.25) is 0 Å². The molecule has 22 heavy (non-hydrogen) atoms. The number of benzene rings is 1. The first-order chi connectivity index (χ1) is 10.5. The largest absolute Gasteiger partial charge is 0.324 e. The third kappa shape index (κ3) is 3.74. The van der Waals surface area contributed by atoms with E-state index in [2.05, 4.69) is 17.3 Å². The second-order valence-corrected chi connectivity index (χ2v) is 5.54. The Kier molecular flexibility index (Phi) is 5.33. The molecule has 0 spiro atoms. The maximum Gasteiger partial charge on any atom is 0.226 e. The quantitative estimate of drug-likeness (QED) is 0.861. The third-order valence-corrected chi connectivity index (χ3v) is 3.71. The van der Waals surface area contributed by atoms with E-state index in [1.54, 1.807) is 0 Å². The molecule has 5 nitrogen and oxygen atoms in total. The van der Waals surface area contributed by atoms with E-state index in [0.717, 1.165) is 35.6 Å². The fourth-order valence-corrected chi connectivity index (χ4v) is 2.52. The van der Waals surface area contributed by atoms with E-state index in [1.165, 1.54) is 0 Å². The molecular weight excluding hydrogens is 276 g/mol. The lowest BCUT2D eigenvalue weighted by atomic mass is 10.0. The Morgan fingerprint density at radius 3 is 2.64 bits per heavy atom. The van der Waals surface area contributed by atoms with Gasteiger partial charge in [-0.3, -0.25) is 9.48 Å². The number of hydrogen-bond acceptors (Lipinski definition) is 3. The average molecular weight is 300 g/mol. The van der Waals surface area contributed by atoms with Crippen molar-refractivity contribution in [3.8, 4) is 0 Å². The Labute approximate surface area is 131 Å². The van der Waals surface area contributed by atoms with Crippen LogP contribution in [0.1, 0.15) is 42.8 Å². The summed E-state index contributed by atoms with van der Waals surface area (Å²) in [5.74, 6) is -0.0846. The topological polar surface area (TPSA) is 72.9 Å². The van der Waals surface area contributed by atoms with Crippen LogP contribution in [0.3, 0.4) is 0 Å². The lowest BCUT2D eigenvalue weighted by Crippen LogP contribution is -2.21. The molecule has 1 amide bonds. The van der Waals surface area contributed by atoms with Gasteiger partial charge in [-0.25, -0.2) is 0 Å². The molecule has 1 aromatic carbocycles. The fraction of sp³-hybridized carbons (Fsp3) is 0.412. The summed E-state index contributed by atoms with van der Waals surface area (Å²) in [6, 6.07) is 9.37. The zero-order valence-electron chi connectivity index (χ0n) is 13.5. The molecule has 0 saturated carbocycles. The molecule has 2 aromatic rings. The average Bonchev–Trinajstić information content (AvgIpc) is 2.76. The van der Waals surface area contributed by atoms with Gasteiger partial charge in [-0.15, -0.1) is 0 Å². The SMILES string of the molecule is CCCn1nc(C)c(NC(=O)CC(N)c2ccccc2)c1C. The summed E-state index contributed by atoms with van der Waals surface area (Å²) in [6.45, 7) is 6.84. The summed E-state index contributed by atoms with van der Waals surface area (Å²) in [4.78, 5) is 12.2. The Morgan fingerprint density at radius 2 is 2.00 bits per heavy atom. The minimum atomic E-state index is -0.299. The molecule has 2 rings (SSSR count). The number of nitrogens with two attached hydrogens (primary N) is 1. The number of carbonyl (C=O) groups is 1. The molecule has 118 valence electrons. The number of nitrogens with zero attached hydrogens (tertiary/aromatic N) is 2. The predicted octanol–water partition coefficient (Wildman–Crippen LogP) is 2.94. The van der Waals surface area contributed by atoms with Gasteiger partial charge in [0.2, 0.25) is 5.91 Å². The molecule has 0 aliphatic heterocycles. The molecule has 1 heterocycles. The zero-order valence-corrected chi connectivity index (χ0v) is 13.5. The highest BCUT2D eigenvalue weighted by atomic mass is 16.1. The van der Waals surface area contributed by atoms with E-state index < -0.39 is 0 Å². The van der Waals surface area contributed by atoms with Crippen LogP contribution < -0.4 is 11.1 Å². The van der Waals surface area contributed by atoms with Crippen molar-refractivity contribution in [1.82, 2.24) is 9.78 Å². The van der Waals surface area contributed by atoms with Crippen molar-refractivity contribution < 1.29 is 4.79 Å². The molecule has 0 fully saturated rings. The lowest BCUT2D eigenvalue weighted by molar-refractivity contribution is -0.116. The molecule has 0 radical (unpaired) electrons. The molecule has 0 bridgehead atoms. The van der Waals surface area contributed by atoms with E-state index in [1.807, 2.05) is 48.9 Å². The number of carbonyl (C=O) groups excluding carboxylic acids is 1. The van der Waals surface area contributed by atoms with Gasteiger partial charge in [0, 0.05) is 19.0 Å². The van der Waals surface area contributed by atoms with E-state index in [-0.39, 0.29) is 18.4 Å². The minimum absolute atomic E-state index is 0.0846. The molecular formula is C17H24N4O. The van der Waals surface area contributed by atoms with Gasteiger partial charge in [-0.2, -0.15) is 5.10 Å². The first-order valence-electron chi connectivity index (χ1n) is 7.67. The van der Waals surface area contributed by atoms with Gasteiger partial charge in [0.25, 0.3) is 0 Å². The predicted molar refractivity (Wildman–Crippen MR) is 88.6 cm³/mol. The molecule has 0 aliphatic rings. The van der Waals surface area contributed by atoms with Crippen LogP contribution in [-0.4, -0.2) is 15.7 Å². The van der Waals surface area contributed by atoms with Crippen molar-refractivity contribution in [3.05, 3.63) is 47.3 Å². The van der Waals surface area contributed by atoms with Crippen molar-refractivity contribution in [1.29, 1.82) is 0 Å². The van der Waals surface area contributed by atoms with Gasteiger partial charge >= 0.3 is 0 Å². The van der Waals surface area contributed by atoms with Gasteiger partial charge < -0.3 is 11.1 Å². The highest BCUT2D eigenvalue weighted by Crippen LogP contribution is 2.21. The first kappa shape index (κ1) is 16.2. The molecule has 5 heteroatoms. The van der Waals surface area contributed by atoms with E-state index in [9.17, 15) is 4.79 Å². The van der Waals surface area contributed by atoms with Crippen LogP contribution in [-0.2, 0) is 11.3 Å². The smallest absolute Gasteiger partial charge is 0.226 e. The van der Waals surface area contributed by atoms with Crippen molar-refractivity contribution in [2.45, 2.75) is 46.2 Å². The van der Waals surface area contributed by atoms with Crippen LogP contribution in [0.5, 0.6) is 0 Å². The normalized spacial score (nSPS) is 12.2. The summed E-state index contributed by atoms with van der Waals surface area (Å²) >= 11 is 0. The van der Waals surface area contributed by atoms with Gasteiger partial charge in [0.15, 0.2) is 0 Å². The number of nitrogens with one attached hydrogen (secondary N) is 1. The maximum absolute atomic E-state index is 12.2. The Hall–Kier alpha value is -2.14. The zero-order chi connectivity index (χ0) is 16.1. The van der Waals surface area contributed by atoms with Crippen molar-refractivity contribution >= 4 is 11.6 Å². The van der Waals surface area contributed by atoms with Crippen LogP contribution in [0.25, 0.3) is 0 Å². The van der Waals surface area contributed by atoms with Crippen LogP contribution in [0.15, 0.2) is 30.3 Å². The Morgan fingerprint density at radius 1 is 1.32 bits per heavy atom. The van der Waals surface area contributed by atoms with Gasteiger partial charge in [-0.1, -0.05) is 37.3 Å². The Balaban J connectivity index is 2.03. The number of aromatic nitrogens is 2. The number of rotatable bonds is 6. The number of hydrogen-bond donors (Lipinski definition) is 2. The van der Waals surface area contributed by atoms with Gasteiger partial charge in [0.05, 0.1) is 17.1 Å². The van der Waals surface area contributed by atoms with Crippen LogP contribution in [0, 0.1) is 13.8 Å². The monoisotopic (exact) mass is 300 g/mol. The molecule has 0 aliphatic carbocycles. The molecule has 1 unspecified atom stereocenters. The second-order valence-electron chi connectivity index (χ2n) is 5.54. The summed E-state index contributed by atoms with van der Waals surface area (Å²) in [7, 11) is 0. The van der Waals surface area contributed by atoms with Crippen molar-refractivity contribution in [2.75, 3.05) is 5.32 Å². The lowest BCUT2D eigenvalue weighted by Gasteiger charge is -2.12. The standard InChI is InChI=1S/C17H24N4O/c1-4-10-21-13(3)17(12(2)20-21)19-16(22)11-15(18)14-8-6-5-7-9-14/h5-9,15H,4,10-11,18H2,1-3H3,(H,19,22). The van der Waals surface area contributed by atoms with Crippen LogP contribution >= 0.6 is 0 Å². The number of amides is 1. The molecule has 1 aromatic heterocycles. The minimum Gasteiger partial charge on any atom is -0.324 e. The molecule has 0 saturated heterocycles. The van der Waals surface area contributed by atoms with E-state index in [4.69, 9.17) is 5.73 Å². The maximum atomic E-state index is 12.2. The summed E-state index contributed by atoms with van der Waals surface area (Å²) in [5, 5.41) is 7.42. The highest BCUT2D eigenvalue weighted by Gasteiger charge is 2.16. The summed E-state index contributed by atoms with van der Waals surface area (Å²) in [6.07, 6.45) is 1.26. The van der Waals surface area contributed by atoms with Gasteiger partial charge in [0.1, 0.15) is 0 Å². The van der Waals surface area contributed by atoms with Crippen LogP contribution in [0.4, 0.5) is 5.69 Å². The van der Waals surface area contributed by atoms with Crippen molar-refractivity contribution in [3.63, 3.8) is 0 Å². The summed E-state index contributed by atoms with van der Waals surface area (Å²) < 4.78 is 1.93. The van der Waals surface area contributed by atoms with Gasteiger partial charge in [-0.05, 0) is 25.8 Å². The third-order valence-electron chi connectivity index (χ3n) is 3.71. The fourth-order valence-electron chi connectivity index (χ4n) is 2.52. The van der Waals surface area contributed by atoms with E-state index in [0.29, 0.717) is 0 Å². The van der Waals surface area contributed by atoms with E-state index >= 15 is 0 Å². The number of anilines is 1. The first-order valence-corrected chi connectivity index (χ1v) is 7.67.